The second-order valence-electron chi connectivity index (χ2n) is 8.52. The van der Waals surface area contributed by atoms with Gasteiger partial charge in [0.15, 0.2) is 17.3 Å². The van der Waals surface area contributed by atoms with E-state index in [4.69, 9.17) is 9.47 Å². The Hall–Kier alpha value is -4.18. The van der Waals surface area contributed by atoms with E-state index in [-0.39, 0.29) is 11.5 Å². The normalized spacial score (nSPS) is 15.8. The fourth-order valence-electron chi connectivity index (χ4n) is 4.51. The minimum atomic E-state index is -0.893. The van der Waals surface area contributed by atoms with Crippen molar-refractivity contribution >= 4 is 40.0 Å². The van der Waals surface area contributed by atoms with Gasteiger partial charge in [-0.2, -0.15) is 0 Å². The molecule has 9 nitrogen and oxygen atoms in total. The van der Waals surface area contributed by atoms with Crippen LogP contribution in [0.5, 0.6) is 11.5 Å². The number of fused-ring (bicyclic) bond motifs is 1. The molecule has 1 unspecified atom stereocenters. The number of hydrogen-bond acceptors (Lipinski definition) is 8. The van der Waals surface area contributed by atoms with Crippen molar-refractivity contribution in [3.8, 4) is 11.5 Å². The highest BCUT2D eigenvalue weighted by Gasteiger charge is 2.46. The lowest BCUT2D eigenvalue weighted by molar-refractivity contribution is -0.117. The Balaban J connectivity index is 1.69. The number of hydrogen-bond donors (Lipinski definition) is 2. The van der Waals surface area contributed by atoms with Crippen molar-refractivity contribution in [2.75, 3.05) is 19.1 Å². The molecular weight excluding hydrogens is 480 g/mol. The second kappa shape index (κ2) is 8.80. The Kier molecular flexibility index (Phi) is 5.76. The molecule has 0 saturated carbocycles. The molecular formula is C26H24N4O5S. The van der Waals surface area contributed by atoms with Gasteiger partial charge in [-0.25, -0.2) is 9.97 Å². The van der Waals surface area contributed by atoms with Crippen molar-refractivity contribution in [3.05, 3.63) is 74.4 Å². The number of methoxy groups -OCH3 is 2. The second-order valence-corrected chi connectivity index (χ2v) is 9.72. The van der Waals surface area contributed by atoms with Gasteiger partial charge in [-0.1, -0.05) is 29.8 Å². The summed E-state index contributed by atoms with van der Waals surface area (Å²) in [5, 5.41) is 11.8. The van der Waals surface area contributed by atoms with Crippen molar-refractivity contribution in [1.82, 2.24) is 15.0 Å². The van der Waals surface area contributed by atoms with Crippen LogP contribution >= 0.6 is 11.3 Å². The summed E-state index contributed by atoms with van der Waals surface area (Å²) >= 11 is 1.24. The zero-order valence-corrected chi connectivity index (χ0v) is 21.2. The van der Waals surface area contributed by atoms with Gasteiger partial charge in [0, 0.05) is 12.1 Å². The van der Waals surface area contributed by atoms with Crippen LogP contribution in [0.15, 0.2) is 47.7 Å². The number of anilines is 1. The lowest BCUT2D eigenvalue weighted by atomic mass is 9.94. The third-order valence-corrected chi connectivity index (χ3v) is 7.19. The number of nitrogens with zero attached hydrogens (tertiary/aromatic N) is 3. The molecule has 2 N–H and O–H groups in total. The van der Waals surface area contributed by atoms with Crippen molar-refractivity contribution in [3.63, 3.8) is 0 Å². The number of ketones is 1. The largest absolute Gasteiger partial charge is 0.503 e. The van der Waals surface area contributed by atoms with Gasteiger partial charge >= 0.3 is 0 Å². The maximum absolute atomic E-state index is 13.7. The Labute approximate surface area is 211 Å². The van der Waals surface area contributed by atoms with Crippen molar-refractivity contribution in [1.29, 1.82) is 0 Å². The van der Waals surface area contributed by atoms with Gasteiger partial charge in [0.05, 0.1) is 52.4 Å². The first-order valence-corrected chi connectivity index (χ1v) is 12.0. The van der Waals surface area contributed by atoms with E-state index in [1.807, 2.05) is 38.1 Å². The Morgan fingerprint density at radius 2 is 1.81 bits per heavy atom. The van der Waals surface area contributed by atoms with Crippen molar-refractivity contribution in [2.45, 2.75) is 26.8 Å². The number of benzene rings is 2. The van der Waals surface area contributed by atoms with Crippen LogP contribution in [0.2, 0.25) is 0 Å². The summed E-state index contributed by atoms with van der Waals surface area (Å²) in [7, 11) is 3.06. The number of thiazole rings is 1. The maximum atomic E-state index is 13.7. The van der Waals surface area contributed by atoms with Gasteiger partial charge in [0.1, 0.15) is 0 Å². The number of Topliss-reactive ketones (excluding diaryl/α,β-unsaturated/α-hetero) is 1. The molecule has 5 rings (SSSR count). The first kappa shape index (κ1) is 23.6. The number of aromatic nitrogens is 3. The molecule has 10 heteroatoms. The number of H-pyrrole nitrogens is 1. The highest BCUT2D eigenvalue weighted by atomic mass is 32.1. The lowest BCUT2D eigenvalue weighted by Crippen LogP contribution is -2.32. The number of aliphatic hydroxyl groups is 1. The van der Waals surface area contributed by atoms with Gasteiger partial charge in [-0.05, 0) is 26.3 Å². The van der Waals surface area contributed by atoms with E-state index in [2.05, 4.69) is 15.0 Å². The average molecular weight is 505 g/mol. The Bertz CT molecular complexity index is 1530. The topological polar surface area (TPSA) is 118 Å². The summed E-state index contributed by atoms with van der Waals surface area (Å²) in [6.45, 7) is 5.47. The van der Waals surface area contributed by atoms with Crippen LogP contribution < -0.4 is 14.4 Å². The van der Waals surface area contributed by atoms with Crippen molar-refractivity contribution < 1.29 is 24.2 Å². The van der Waals surface area contributed by atoms with E-state index in [9.17, 15) is 14.7 Å². The van der Waals surface area contributed by atoms with E-state index in [1.54, 1.807) is 19.1 Å². The van der Waals surface area contributed by atoms with Gasteiger partial charge in [-0.15, -0.1) is 11.3 Å². The van der Waals surface area contributed by atoms with E-state index in [0.29, 0.717) is 38.7 Å². The number of aliphatic hydroxyl groups excluding tert-OH is 1. The quantitative estimate of drug-likeness (QED) is 0.364. The third kappa shape index (κ3) is 3.70. The predicted molar refractivity (Wildman–Crippen MR) is 136 cm³/mol. The number of aryl methyl sites for hydroxylation is 3. The minimum absolute atomic E-state index is 0.00651. The summed E-state index contributed by atoms with van der Waals surface area (Å²) in [4.78, 5) is 41.0. The molecule has 36 heavy (non-hydrogen) atoms. The molecule has 1 atom stereocenters. The Morgan fingerprint density at radius 1 is 1.08 bits per heavy atom. The van der Waals surface area contributed by atoms with Gasteiger partial charge in [0.25, 0.3) is 5.91 Å². The fourth-order valence-corrected chi connectivity index (χ4v) is 5.39. The van der Waals surface area contributed by atoms with Crippen LogP contribution in [0.3, 0.4) is 0 Å². The molecule has 1 amide bonds. The van der Waals surface area contributed by atoms with Crippen LogP contribution in [0.1, 0.15) is 37.5 Å². The molecule has 0 fully saturated rings. The van der Waals surface area contributed by atoms with Crippen LogP contribution in [-0.4, -0.2) is 46.0 Å². The smallest absolute Gasteiger partial charge is 0.296 e. The number of amides is 1. The van der Waals surface area contributed by atoms with Crippen molar-refractivity contribution in [2.24, 2.45) is 0 Å². The molecule has 1 aliphatic rings. The molecule has 0 spiro atoms. The number of aromatic amines is 1. The highest BCUT2D eigenvalue weighted by Crippen LogP contribution is 2.43. The molecule has 0 aliphatic carbocycles. The molecule has 3 heterocycles. The molecule has 4 aromatic rings. The van der Waals surface area contributed by atoms with E-state index >= 15 is 0 Å². The van der Waals surface area contributed by atoms with Gasteiger partial charge in [0.2, 0.25) is 11.7 Å². The summed E-state index contributed by atoms with van der Waals surface area (Å²) in [5.74, 6) is -0.593. The number of ether oxygens (including phenoxy) is 2. The molecule has 1 aliphatic heterocycles. The van der Waals surface area contributed by atoms with Gasteiger partial charge in [-0.3, -0.25) is 14.5 Å². The summed E-state index contributed by atoms with van der Waals surface area (Å²) in [6.07, 6.45) is 0. The SMILES string of the molecule is COc1cc2nc(N3C(=O)C(O)=C(C(=O)c4sc(C)nc4C)C3c3cccc(C)c3)[nH]c2cc1OC. The Morgan fingerprint density at radius 3 is 2.44 bits per heavy atom. The number of imidazole rings is 1. The zero-order valence-electron chi connectivity index (χ0n) is 20.4. The fraction of sp³-hybridized carbons (Fsp3) is 0.231. The van der Waals surface area contributed by atoms with E-state index in [0.717, 1.165) is 10.6 Å². The lowest BCUT2D eigenvalue weighted by Gasteiger charge is -2.24. The minimum Gasteiger partial charge on any atom is -0.503 e. The van der Waals surface area contributed by atoms with Crippen LogP contribution in [0, 0.1) is 20.8 Å². The molecule has 0 bridgehead atoms. The maximum Gasteiger partial charge on any atom is 0.296 e. The van der Waals surface area contributed by atoms with Crippen LogP contribution in [0.25, 0.3) is 11.0 Å². The molecule has 0 radical (unpaired) electrons. The zero-order chi connectivity index (χ0) is 25.7. The summed E-state index contributed by atoms with van der Waals surface area (Å²) in [6, 6.07) is 10.00. The predicted octanol–water partition coefficient (Wildman–Crippen LogP) is 4.74. The molecule has 2 aromatic heterocycles. The number of carbonyl (C=O) groups is 2. The standard InChI is InChI=1S/C26H24N4O5S/c1-12-7-6-8-15(9-12)21-20(22(31)24-13(2)27-14(3)36-24)23(32)25(33)30(21)26-28-16-10-18(34-4)19(35-5)11-17(16)29-26/h6-11,21,32H,1-5H3,(H,28,29). The monoisotopic (exact) mass is 504 g/mol. The summed E-state index contributed by atoms with van der Waals surface area (Å²) in [5.41, 5.74) is 3.30. The molecule has 184 valence electrons. The van der Waals surface area contributed by atoms with E-state index in [1.165, 1.54) is 30.5 Å². The third-order valence-electron chi connectivity index (χ3n) is 6.12. The number of carbonyl (C=O) groups excluding carboxylic acids is 2. The average Bonchev–Trinajstić information content (AvgIpc) is 3.50. The summed E-state index contributed by atoms with van der Waals surface area (Å²) < 4.78 is 10.8. The van der Waals surface area contributed by atoms with Crippen LogP contribution in [0.4, 0.5) is 5.95 Å². The first-order chi connectivity index (χ1) is 17.2. The first-order valence-electron chi connectivity index (χ1n) is 11.2. The molecule has 2 aromatic carbocycles. The number of rotatable bonds is 6. The highest BCUT2D eigenvalue weighted by molar-refractivity contribution is 7.14. The number of nitrogens with one attached hydrogen (secondary N) is 1. The van der Waals surface area contributed by atoms with E-state index < -0.39 is 23.5 Å². The van der Waals surface area contributed by atoms with Crippen LogP contribution in [-0.2, 0) is 4.79 Å². The molecule has 0 saturated heterocycles. The van der Waals surface area contributed by atoms with Gasteiger partial charge < -0.3 is 19.6 Å².